The first-order valence-electron chi connectivity index (χ1n) is 6.23. The van der Waals surface area contributed by atoms with Gasteiger partial charge in [0.05, 0.1) is 6.61 Å². The van der Waals surface area contributed by atoms with Crippen molar-refractivity contribution in [2.45, 2.75) is 25.7 Å². The van der Waals surface area contributed by atoms with Gasteiger partial charge in [0, 0.05) is 26.3 Å². The van der Waals surface area contributed by atoms with Crippen molar-refractivity contribution >= 4 is 12.2 Å². The fourth-order valence-electron chi connectivity index (χ4n) is 1.88. The summed E-state index contributed by atoms with van der Waals surface area (Å²) in [7, 11) is 3.31. The zero-order valence-corrected chi connectivity index (χ0v) is 11.6. The van der Waals surface area contributed by atoms with Gasteiger partial charge in [-0.2, -0.15) is 0 Å². The number of nitrogens with one attached hydrogen (secondary N) is 1. The fraction of sp³-hybridized carbons (Fsp3) is 0.500. The lowest BCUT2D eigenvalue weighted by Gasteiger charge is -2.36. The quantitative estimate of drug-likeness (QED) is 0.669. The molecule has 106 valence electrons. The molecule has 1 aromatic rings. The molecule has 1 aliphatic heterocycles. The van der Waals surface area contributed by atoms with E-state index in [1.165, 1.54) is 5.56 Å². The number of ether oxygens (including phenoxy) is 3. The van der Waals surface area contributed by atoms with Crippen LogP contribution in [-0.4, -0.2) is 33.2 Å². The van der Waals surface area contributed by atoms with Crippen molar-refractivity contribution in [2.75, 3.05) is 26.1 Å². The molecule has 0 saturated heterocycles. The highest BCUT2D eigenvalue weighted by molar-refractivity contribution is 5.54. The lowest BCUT2D eigenvalue weighted by Crippen LogP contribution is -2.45. The molecule has 1 heterocycles. The maximum Gasteiger partial charge on any atom is 0.293 e. The number of fused-ring (bicyclic) bond motifs is 1. The minimum Gasteiger partial charge on any atom is -0.468 e. The lowest BCUT2D eigenvalue weighted by molar-refractivity contribution is -0.190. The number of rotatable bonds is 4. The molecular weight excluding hydrogens is 246 g/mol. The second-order valence-electron chi connectivity index (χ2n) is 3.99. The Hall–Kier alpha value is -1.59. The molecule has 0 bridgehead atoms. The van der Waals surface area contributed by atoms with E-state index < -0.39 is 5.91 Å². The summed E-state index contributed by atoms with van der Waals surface area (Å²) in [4.78, 5) is 9.18. The van der Waals surface area contributed by atoms with E-state index in [9.17, 15) is 4.79 Å². The number of carbonyl (C=O) groups excluding carboxylic acids is 1. The third-order valence-corrected chi connectivity index (χ3v) is 2.96. The van der Waals surface area contributed by atoms with Gasteiger partial charge < -0.3 is 19.5 Å². The molecule has 0 radical (unpaired) electrons. The number of para-hydroxylation sites is 1. The van der Waals surface area contributed by atoms with Gasteiger partial charge in [-0.15, -0.1) is 0 Å². The topological polar surface area (TPSA) is 56.8 Å². The SMILES string of the molecule is CCOC=O.COC1(OC)CCc2ccccc2N1. The monoisotopic (exact) mass is 267 g/mol. The minimum atomic E-state index is -0.644. The first kappa shape index (κ1) is 15.5. The van der Waals surface area contributed by atoms with Gasteiger partial charge in [0.1, 0.15) is 0 Å². The van der Waals surface area contributed by atoms with E-state index in [-0.39, 0.29) is 0 Å². The molecule has 5 heteroatoms. The Bertz CT molecular complexity index is 391. The van der Waals surface area contributed by atoms with Gasteiger partial charge in [-0.05, 0) is 25.0 Å². The predicted molar refractivity (Wildman–Crippen MR) is 72.8 cm³/mol. The maximum absolute atomic E-state index is 9.18. The second-order valence-corrected chi connectivity index (χ2v) is 3.99. The van der Waals surface area contributed by atoms with Crippen LogP contribution in [0.4, 0.5) is 5.69 Å². The van der Waals surface area contributed by atoms with Crippen LogP contribution in [0.1, 0.15) is 18.9 Å². The summed E-state index contributed by atoms with van der Waals surface area (Å²) in [5, 5.41) is 3.27. The molecule has 5 nitrogen and oxygen atoms in total. The van der Waals surface area contributed by atoms with Gasteiger partial charge >= 0.3 is 0 Å². The second kappa shape index (κ2) is 7.76. The minimum absolute atomic E-state index is 0.431. The van der Waals surface area contributed by atoms with Crippen LogP contribution in [0.3, 0.4) is 0 Å². The first-order chi connectivity index (χ1) is 9.21. The number of hydrogen-bond acceptors (Lipinski definition) is 5. The van der Waals surface area contributed by atoms with Crippen molar-refractivity contribution in [1.82, 2.24) is 0 Å². The number of benzene rings is 1. The van der Waals surface area contributed by atoms with E-state index in [1.807, 2.05) is 18.2 Å². The van der Waals surface area contributed by atoms with Gasteiger partial charge in [0.15, 0.2) is 0 Å². The molecule has 2 rings (SSSR count). The molecule has 19 heavy (non-hydrogen) atoms. The Labute approximate surface area is 113 Å². The average Bonchev–Trinajstić information content (AvgIpc) is 2.48. The highest BCUT2D eigenvalue weighted by atomic mass is 16.7. The largest absolute Gasteiger partial charge is 0.468 e. The van der Waals surface area contributed by atoms with Gasteiger partial charge in [-0.25, -0.2) is 0 Å². The molecule has 0 aliphatic carbocycles. The van der Waals surface area contributed by atoms with Crippen LogP contribution in [0, 0.1) is 0 Å². The Morgan fingerprint density at radius 1 is 1.32 bits per heavy atom. The normalized spacial score (nSPS) is 15.3. The maximum atomic E-state index is 9.18. The number of anilines is 1. The van der Waals surface area contributed by atoms with E-state index in [2.05, 4.69) is 16.1 Å². The Morgan fingerprint density at radius 2 is 2.00 bits per heavy atom. The van der Waals surface area contributed by atoms with Crippen LogP contribution >= 0.6 is 0 Å². The summed E-state index contributed by atoms with van der Waals surface area (Å²) in [6.45, 7) is 2.66. The van der Waals surface area contributed by atoms with Gasteiger partial charge in [-0.1, -0.05) is 18.2 Å². The van der Waals surface area contributed by atoms with Crippen molar-refractivity contribution in [3.63, 3.8) is 0 Å². The summed E-state index contributed by atoms with van der Waals surface area (Å²) < 4.78 is 14.9. The zero-order chi connectivity index (χ0) is 14.1. The molecule has 0 atom stereocenters. The first-order valence-corrected chi connectivity index (χ1v) is 6.23. The predicted octanol–water partition coefficient (Wildman–Crippen LogP) is 2.17. The van der Waals surface area contributed by atoms with Crippen molar-refractivity contribution < 1.29 is 19.0 Å². The van der Waals surface area contributed by atoms with Crippen molar-refractivity contribution in [1.29, 1.82) is 0 Å². The van der Waals surface area contributed by atoms with E-state index >= 15 is 0 Å². The molecule has 0 saturated carbocycles. The summed E-state index contributed by atoms with van der Waals surface area (Å²) >= 11 is 0. The van der Waals surface area contributed by atoms with E-state index in [1.54, 1.807) is 21.1 Å². The Kier molecular flexibility index (Phi) is 6.32. The molecule has 0 aromatic heterocycles. The molecule has 0 fully saturated rings. The summed E-state index contributed by atoms with van der Waals surface area (Å²) in [5.74, 6) is -0.644. The average molecular weight is 267 g/mol. The smallest absolute Gasteiger partial charge is 0.293 e. The Balaban J connectivity index is 0.000000312. The summed E-state index contributed by atoms with van der Waals surface area (Å²) in [5.41, 5.74) is 2.42. The number of carbonyl (C=O) groups is 1. The standard InChI is InChI=1S/C11H15NO2.C3H6O2/c1-13-11(14-2)8-7-9-5-3-4-6-10(9)12-11;1-2-5-3-4/h3-6,12H,7-8H2,1-2H3;3H,2H2,1H3. The van der Waals surface area contributed by atoms with E-state index in [4.69, 9.17) is 9.47 Å². The molecule has 0 amide bonds. The molecule has 0 spiro atoms. The Morgan fingerprint density at radius 3 is 2.53 bits per heavy atom. The van der Waals surface area contributed by atoms with Crippen LogP contribution < -0.4 is 5.32 Å². The van der Waals surface area contributed by atoms with Gasteiger partial charge in [0.2, 0.25) is 5.91 Å². The highest BCUT2D eigenvalue weighted by Gasteiger charge is 2.33. The third-order valence-electron chi connectivity index (χ3n) is 2.96. The lowest BCUT2D eigenvalue weighted by atomic mass is 10.0. The summed E-state index contributed by atoms with van der Waals surface area (Å²) in [6, 6.07) is 8.22. The van der Waals surface area contributed by atoms with Crippen molar-refractivity contribution in [2.24, 2.45) is 0 Å². The number of methoxy groups -OCH3 is 2. The fourth-order valence-corrected chi connectivity index (χ4v) is 1.88. The summed E-state index contributed by atoms with van der Waals surface area (Å²) in [6.07, 6.45) is 1.81. The zero-order valence-electron chi connectivity index (χ0n) is 11.6. The van der Waals surface area contributed by atoms with Gasteiger partial charge in [-0.3, -0.25) is 4.79 Å². The van der Waals surface area contributed by atoms with Crippen LogP contribution in [0.15, 0.2) is 24.3 Å². The highest BCUT2D eigenvalue weighted by Crippen LogP contribution is 2.31. The van der Waals surface area contributed by atoms with Crippen LogP contribution in [0.25, 0.3) is 0 Å². The van der Waals surface area contributed by atoms with Crippen molar-refractivity contribution in [3.05, 3.63) is 29.8 Å². The molecule has 0 unspecified atom stereocenters. The van der Waals surface area contributed by atoms with Crippen molar-refractivity contribution in [3.8, 4) is 0 Å². The molecule has 1 N–H and O–H groups in total. The number of hydrogen-bond donors (Lipinski definition) is 1. The molecular formula is C14H21NO4. The van der Waals surface area contributed by atoms with Crippen LogP contribution in [0.2, 0.25) is 0 Å². The third kappa shape index (κ3) is 4.22. The molecule has 1 aromatic carbocycles. The molecule has 1 aliphatic rings. The van der Waals surface area contributed by atoms with E-state index in [0.29, 0.717) is 13.1 Å². The number of aryl methyl sites for hydroxylation is 1. The van der Waals surface area contributed by atoms with E-state index in [0.717, 1.165) is 18.5 Å². The van der Waals surface area contributed by atoms with Crippen LogP contribution in [0.5, 0.6) is 0 Å². The van der Waals surface area contributed by atoms with Crippen LogP contribution in [-0.2, 0) is 25.4 Å². The van der Waals surface area contributed by atoms with Gasteiger partial charge in [0.25, 0.3) is 6.47 Å².